The normalized spacial score (nSPS) is 40.1. The molecular weight excluding hydrogens is 448 g/mol. The molecule has 0 aromatic rings. The third kappa shape index (κ3) is 4.08. The Morgan fingerprint density at radius 3 is 2.51 bits per heavy atom. The summed E-state index contributed by atoms with van der Waals surface area (Å²) < 4.78 is 11.3. The maximum atomic E-state index is 13.7. The number of hydrogen-bond acceptors (Lipinski definition) is 7. The maximum Gasteiger partial charge on any atom is 0.306 e. The van der Waals surface area contributed by atoms with Gasteiger partial charge in [-0.15, -0.1) is 0 Å². The molecule has 0 heterocycles. The predicted molar refractivity (Wildman–Crippen MR) is 128 cm³/mol. The molecule has 0 aromatic carbocycles. The van der Waals surface area contributed by atoms with Crippen LogP contribution in [0.15, 0.2) is 11.6 Å². The zero-order valence-electron chi connectivity index (χ0n) is 21.6. The summed E-state index contributed by atoms with van der Waals surface area (Å²) >= 11 is 0. The average molecular weight is 489 g/mol. The molecular formula is C28H40O7. The van der Waals surface area contributed by atoms with E-state index in [9.17, 15) is 24.3 Å². The second kappa shape index (κ2) is 9.45. The number of aliphatic hydroxyl groups is 1. The van der Waals surface area contributed by atoms with Gasteiger partial charge in [0, 0.05) is 24.7 Å². The second-order valence-corrected chi connectivity index (χ2v) is 11.6. The number of allylic oxidation sites excluding steroid dienone is 1. The van der Waals surface area contributed by atoms with Crippen molar-refractivity contribution in [1.29, 1.82) is 0 Å². The fraction of sp³-hybridized carbons (Fsp3) is 0.786. The highest BCUT2D eigenvalue weighted by molar-refractivity contribution is 5.93. The summed E-state index contributed by atoms with van der Waals surface area (Å²) in [4.78, 5) is 50.4. The van der Waals surface area contributed by atoms with Crippen LogP contribution in [0, 0.1) is 28.6 Å². The third-order valence-corrected chi connectivity index (χ3v) is 9.86. The minimum absolute atomic E-state index is 0.00356. The van der Waals surface area contributed by atoms with Crippen molar-refractivity contribution in [3.63, 3.8) is 0 Å². The highest BCUT2D eigenvalue weighted by Gasteiger charge is 2.70. The van der Waals surface area contributed by atoms with E-state index in [0.717, 1.165) is 24.8 Å². The number of carbonyl (C=O) groups is 4. The first-order valence-electron chi connectivity index (χ1n) is 13.3. The molecule has 0 unspecified atom stereocenters. The fourth-order valence-electron chi connectivity index (χ4n) is 8.17. The lowest BCUT2D eigenvalue weighted by Crippen LogP contribution is -2.63. The maximum absolute atomic E-state index is 13.7. The lowest BCUT2D eigenvalue weighted by molar-refractivity contribution is -0.203. The van der Waals surface area contributed by atoms with Crippen LogP contribution in [0.4, 0.5) is 0 Å². The topological polar surface area (TPSA) is 107 Å². The molecule has 0 radical (unpaired) electrons. The summed E-state index contributed by atoms with van der Waals surface area (Å²) in [5, 5.41) is 11.6. The number of hydrogen-bond donors (Lipinski definition) is 1. The molecule has 0 aliphatic heterocycles. The Labute approximate surface area is 208 Å². The molecule has 7 nitrogen and oxygen atoms in total. The fourth-order valence-corrected chi connectivity index (χ4v) is 8.17. The van der Waals surface area contributed by atoms with Gasteiger partial charge in [-0.1, -0.05) is 33.3 Å². The average Bonchev–Trinajstić information content (AvgIpc) is 3.09. The van der Waals surface area contributed by atoms with Crippen LogP contribution < -0.4 is 0 Å². The number of Topliss-reactive ketones (excluding diaryl/α,β-unsaturated/α-hetero) is 1. The van der Waals surface area contributed by atoms with Crippen LogP contribution in [-0.2, 0) is 28.7 Å². The minimum atomic E-state index is -1.41. The van der Waals surface area contributed by atoms with Gasteiger partial charge in [-0.25, -0.2) is 0 Å². The number of aliphatic hydroxyl groups excluding tert-OH is 1. The van der Waals surface area contributed by atoms with Crippen molar-refractivity contribution in [3.8, 4) is 0 Å². The molecule has 1 N–H and O–H groups in total. The quantitative estimate of drug-likeness (QED) is 0.538. The van der Waals surface area contributed by atoms with Crippen molar-refractivity contribution in [3.05, 3.63) is 11.6 Å². The Morgan fingerprint density at radius 1 is 1.09 bits per heavy atom. The summed E-state index contributed by atoms with van der Waals surface area (Å²) in [5.74, 6) is -0.852. The van der Waals surface area contributed by atoms with Crippen LogP contribution in [0.1, 0.15) is 91.9 Å². The van der Waals surface area contributed by atoms with Crippen molar-refractivity contribution in [2.75, 3.05) is 6.61 Å². The first-order valence-corrected chi connectivity index (χ1v) is 13.3. The van der Waals surface area contributed by atoms with E-state index >= 15 is 0 Å². The van der Waals surface area contributed by atoms with Crippen molar-refractivity contribution in [2.45, 2.75) is 104 Å². The standard InChI is InChI=1S/C28H40O7/c1-5-7-24(33)35-28(22(31)16-34-23(32)6-2)13-11-20-19-9-8-17-14-18(29)10-12-26(17,3)25(19)21(30)15-27(20,28)4/h14,19-21,25,30H,5-13,15-16H2,1-4H3/t19-,20+,21-,25-,26-,27+,28-/m0/s1. The summed E-state index contributed by atoms with van der Waals surface area (Å²) in [6, 6.07) is 0. The number of carbonyl (C=O) groups excluding carboxylic acids is 4. The molecule has 0 saturated heterocycles. The first-order chi connectivity index (χ1) is 16.5. The second-order valence-electron chi connectivity index (χ2n) is 11.6. The largest absolute Gasteiger partial charge is 0.457 e. The van der Waals surface area contributed by atoms with Crippen LogP contribution in [0.2, 0.25) is 0 Å². The molecule has 194 valence electrons. The van der Waals surface area contributed by atoms with E-state index in [1.807, 2.05) is 13.8 Å². The third-order valence-electron chi connectivity index (χ3n) is 9.86. The molecule has 4 aliphatic rings. The highest BCUT2D eigenvalue weighted by atomic mass is 16.6. The first kappa shape index (κ1) is 26.1. The SMILES string of the molecule is CCCC(=O)O[C@]1(C(=O)COC(=O)CC)CC[C@@H]2[C@@H]3CCC4=CC(=O)CC[C@]4(C)[C@@H]3[C@@H](O)C[C@]21C. The number of esters is 2. The molecule has 4 aliphatic carbocycles. The van der Waals surface area contributed by atoms with Crippen molar-refractivity contribution >= 4 is 23.5 Å². The highest BCUT2D eigenvalue weighted by Crippen LogP contribution is 2.68. The summed E-state index contributed by atoms with van der Waals surface area (Å²) in [7, 11) is 0. The molecule has 0 spiro atoms. The van der Waals surface area contributed by atoms with Crippen LogP contribution in [0.3, 0.4) is 0 Å². The van der Waals surface area contributed by atoms with Gasteiger partial charge in [0.2, 0.25) is 5.78 Å². The number of fused-ring (bicyclic) bond motifs is 5. The zero-order valence-corrected chi connectivity index (χ0v) is 21.6. The number of rotatable bonds is 7. The molecule has 0 bridgehead atoms. The summed E-state index contributed by atoms with van der Waals surface area (Å²) in [5.41, 5.74) is -1.25. The Kier molecular flexibility index (Phi) is 7.04. The van der Waals surface area contributed by atoms with Crippen molar-refractivity contribution < 1.29 is 33.8 Å². The number of ketones is 2. The van der Waals surface area contributed by atoms with E-state index < -0.39 is 35.7 Å². The summed E-state index contributed by atoms with van der Waals surface area (Å²) in [6.45, 7) is 7.30. The lowest BCUT2D eigenvalue weighted by Gasteiger charge is -2.60. The van der Waals surface area contributed by atoms with Crippen molar-refractivity contribution in [2.24, 2.45) is 28.6 Å². The molecule has 3 fully saturated rings. The number of ether oxygens (including phenoxy) is 2. The lowest BCUT2D eigenvalue weighted by atomic mass is 9.45. The molecule has 7 heteroatoms. The Balaban J connectivity index is 1.70. The van der Waals surface area contributed by atoms with E-state index in [1.54, 1.807) is 13.0 Å². The predicted octanol–water partition coefficient (Wildman–Crippen LogP) is 4.09. The Bertz CT molecular complexity index is 938. The van der Waals surface area contributed by atoms with E-state index in [2.05, 4.69) is 6.92 Å². The van der Waals surface area contributed by atoms with Gasteiger partial charge in [-0.3, -0.25) is 19.2 Å². The monoisotopic (exact) mass is 488 g/mol. The minimum Gasteiger partial charge on any atom is -0.457 e. The van der Waals surface area contributed by atoms with Gasteiger partial charge in [0.1, 0.15) is 0 Å². The van der Waals surface area contributed by atoms with Crippen LogP contribution in [0.25, 0.3) is 0 Å². The van der Waals surface area contributed by atoms with Crippen molar-refractivity contribution in [1.82, 2.24) is 0 Å². The van der Waals surface area contributed by atoms with Gasteiger partial charge in [0.25, 0.3) is 0 Å². The molecule has 3 saturated carbocycles. The smallest absolute Gasteiger partial charge is 0.306 e. The molecule has 4 rings (SSSR count). The van der Waals surface area contributed by atoms with Crippen LogP contribution in [0.5, 0.6) is 0 Å². The summed E-state index contributed by atoms with van der Waals surface area (Å²) in [6.07, 6.45) is 6.41. The molecule has 35 heavy (non-hydrogen) atoms. The molecule has 0 amide bonds. The van der Waals surface area contributed by atoms with Crippen LogP contribution >= 0.6 is 0 Å². The van der Waals surface area contributed by atoms with Gasteiger partial charge >= 0.3 is 11.9 Å². The van der Waals surface area contributed by atoms with E-state index in [4.69, 9.17) is 9.47 Å². The van der Waals surface area contributed by atoms with Gasteiger partial charge in [0.15, 0.2) is 18.0 Å². The van der Waals surface area contributed by atoms with Gasteiger partial charge < -0.3 is 14.6 Å². The molecule has 7 atom stereocenters. The van der Waals surface area contributed by atoms with E-state index in [-0.39, 0.29) is 47.6 Å². The Morgan fingerprint density at radius 2 is 1.83 bits per heavy atom. The van der Waals surface area contributed by atoms with Gasteiger partial charge in [-0.05, 0) is 74.2 Å². The van der Waals surface area contributed by atoms with Gasteiger partial charge in [-0.2, -0.15) is 0 Å². The van der Waals surface area contributed by atoms with Crippen LogP contribution in [-0.4, -0.2) is 46.9 Å². The molecule has 0 aromatic heterocycles. The van der Waals surface area contributed by atoms with E-state index in [1.165, 1.54) is 0 Å². The Hall–Kier alpha value is -2.02. The van der Waals surface area contributed by atoms with Gasteiger partial charge in [0.05, 0.1) is 6.10 Å². The van der Waals surface area contributed by atoms with E-state index in [0.29, 0.717) is 32.1 Å². The zero-order chi connectivity index (χ0) is 25.6.